The molecule has 0 amide bonds. The van der Waals surface area contributed by atoms with Gasteiger partial charge >= 0.3 is 5.97 Å². The number of furan rings is 1. The second kappa shape index (κ2) is 4.28. The van der Waals surface area contributed by atoms with Gasteiger partial charge in [0.1, 0.15) is 11.2 Å². The van der Waals surface area contributed by atoms with Crippen LogP contribution in [0.4, 0.5) is 0 Å². The predicted octanol–water partition coefficient (Wildman–Crippen LogP) is 4.17. The highest BCUT2D eigenvalue weighted by molar-refractivity contribution is 6.32. The van der Waals surface area contributed by atoms with Gasteiger partial charge in [0.2, 0.25) is 0 Å². The standard InChI is InChI=1S/C15H11ClO3/c1-8-4-13-11(7-12(8)16)10-3-2-9(6-15(17)18)5-14(10)19-13/h2-5,7H,6H2,1H3,(H,17,18). The molecular weight excluding hydrogens is 264 g/mol. The maximum atomic E-state index is 10.7. The molecule has 1 aromatic heterocycles. The zero-order chi connectivity index (χ0) is 13.6. The minimum atomic E-state index is -0.852. The summed E-state index contributed by atoms with van der Waals surface area (Å²) in [6.07, 6.45) is -0.00717. The van der Waals surface area contributed by atoms with E-state index < -0.39 is 5.97 Å². The Hall–Kier alpha value is -2.00. The number of carbonyl (C=O) groups is 1. The van der Waals surface area contributed by atoms with Crippen LogP contribution in [0.2, 0.25) is 5.02 Å². The molecule has 1 N–H and O–H groups in total. The van der Waals surface area contributed by atoms with E-state index in [2.05, 4.69) is 0 Å². The van der Waals surface area contributed by atoms with Crippen molar-refractivity contribution in [2.75, 3.05) is 0 Å². The largest absolute Gasteiger partial charge is 0.481 e. The Kier molecular flexibility index (Phi) is 2.72. The molecule has 1 heterocycles. The van der Waals surface area contributed by atoms with Crippen molar-refractivity contribution in [3.8, 4) is 0 Å². The molecule has 0 bridgehead atoms. The smallest absolute Gasteiger partial charge is 0.307 e. The minimum Gasteiger partial charge on any atom is -0.481 e. The highest BCUT2D eigenvalue weighted by Crippen LogP contribution is 2.33. The van der Waals surface area contributed by atoms with Crippen molar-refractivity contribution >= 4 is 39.5 Å². The van der Waals surface area contributed by atoms with Crippen molar-refractivity contribution in [2.24, 2.45) is 0 Å². The lowest BCUT2D eigenvalue weighted by atomic mass is 10.1. The number of hydrogen-bond donors (Lipinski definition) is 1. The number of aliphatic carboxylic acids is 1. The molecular formula is C15H11ClO3. The molecule has 0 fully saturated rings. The van der Waals surface area contributed by atoms with E-state index in [1.807, 2.05) is 25.1 Å². The zero-order valence-corrected chi connectivity index (χ0v) is 11.0. The van der Waals surface area contributed by atoms with Crippen LogP contribution >= 0.6 is 11.6 Å². The summed E-state index contributed by atoms with van der Waals surface area (Å²) in [7, 11) is 0. The summed E-state index contributed by atoms with van der Waals surface area (Å²) >= 11 is 6.13. The van der Waals surface area contributed by atoms with Crippen LogP contribution in [0.15, 0.2) is 34.7 Å². The van der Waals surface area contributed by atoms with Gasteiger partial charge in [-0.15, -0.1) is 0 Å². The highest BCUT2D eigenvalue weighted by atomic mass is 35.5. The van der Waals surface area contributed by atoms with E-state index in [9.17, 15) is 4.79 Å². The van der Waals surface area contributed by atoms with E-state index >= 15 is 0 Å². The van der Waals surface area contributed by atoms with Crippen LogP contribution < -0.4 is 0 Å². The fourth-order valence-corrected chi connectivity index (χ4v) is 2.39. The van der Waals surface area contributed by atoms with E-state index in [-0.39, 0.29) is 6.42 Å². The molecule has 0 saturated heterocycles. The van der Waals surface area contributed by atoms with Gasteiger partial charge in [0.15, 0.2) is 0 Å². The number of benzene rings is 2. The number of carboxylic acid groups (broad SMARTS) is 1. The van der Waals surface area contributed by atoms with Crippen molar-refractivity contribution in [3.63, 3.8) is 0 Å². The second-order valence-corrected chi connectivity index (χ2v) is 5.01. The SMILES string of the molecule is Cc1cc2oc3cc(CC(=O)O)ccc3c2cc1Cl. The van der Waals surface area contributed by atoms with Crippen molar-refractivity contribution in [1.29, 1.82) is 0 Å². The van der Waals surface area contributed by atoms with E-state index in [0.29, 0.717) is 10.6 Å². The van der Waals surface area contributed by atoms with Gasteiger partial charge in [-0.05, 0) is 36.2 Å². The fraction of sp³-hybridized carbons (Fsp3) is 0.133. The van der Waals surface area contributed by atoms with Gasteiger partial charge in [-0.2, -0.15) is 0 Å². The summed E-state index contributed by atoms with van der Waals surface area (Å²) in [6.45, 7) is 1.92. The summed E-state index contributed by atoms with van der Waals surface area (Å²) in [6, 6.07) is 9.24. The first kappa shape index (κ1) is 12.1. The Morgan fingerprint density at radius 1 is 1.21 bits per heavy atom. The van der Waals surface area contributed by atoms with Crippen molar-refractivity contribution in [1.82, 2.24) is 0 Å². The summed E-state index contributed by atoms with van der Waals surface area (Å²) in [4.78, 5) is 10.7. The molecule has 19 heavy (non-hydrogen) atoms. The number of fused-ring (bicyclic) bond motifs is 3. The van der Waals surface area contributed by atoms with Crippen LogP contribution in [-0.2, 0) is 11.2 Å². The number of aryl methyl sites for hydroxylation is 1. The molecule has 3 rings (SSSR count). The van der Waals surface area contributed by atoms with Crippen LogP contribution in [0.5, 0.6) is 0 Å². The van der Waals surface area contributed by atoms with Gasteiger partial charge < -0.3 is 9.52 Å². The van der Waals surface area contributed by atoms with Crippen LogP contribution in [-0.4, -0.2) is 11.1 Å². The molecule has 0 unspecified atom stereocenters. The third kappa shape index (κ3) is 2.06. The molecule has 96 valence electrons. The van der Waals surface area contributed by atoms with E-state index in [4.69, 9.17) is 21.1 Å². The highest BCUT2D eigenvalue weighted by Gasteiger charge is 2.10. The molecule has 0 saturated carbocycles. The van der Waals surface area contributed by atoms with Crippen LogP contribution in [0.1, 0.15) is 11.1 Å². The molecule has 3 nitrogen and oxygen atoms in total. The van der Waals surface area contributed by atoms with Gasteiger partial charge in [0, 0.05) is 15.8 Å². The first-order chi connectivity index (χ1) is 9.04. The maximum Gasteiger partial charge on any atom is 0.307 e. The molecule has 0 aliphatic carbocycles. The monoisotopic (exact) mass is 274 g/mol. The van der Waals surface area contributed by atoms with Gasteiger partial charge in [0.25, 0.3) is 0 Å². The molecule has 0 aliphatic heterocycles. The third-order valence-corrected chi connectivity index (χ3v) is 3.58. The number of carboxylic acids is 1. The molecule has 0 spiro atoms. The van der Waals surface area contributed by atoms with Gasteiger partial charge in [-0.3, -0.25) is 4.79 Å². The van der Waals surface area contributed by atoms with Gasteiger partial charge in [-0.1, -0.05) is 23.7 Å². The molecule has 0 atom stereocenters. The summed E-state index contributed by atoms with van der Waals surface area (Å²) < 4.78 is 5.76. The summed E-state index contributed by atoms with van der Waals surface area (Å²) in [5, 5.41) is 11.4. The lowest BCUT2D eigenvalue weighted by molar-refractivity contribution is -0.136. The predicted molar refractivity (Wildman–Crippen MR) is 74.8 cm³/mol. The number of hydrogen-bond acceptors (Lipinski definition) is 2. The van der Waals surface area contributed by atoms with Gasteiger partial charge in [0.05, 0.1) is 6.42 Å². The average Bonchev–Trinajstić information content (AvgIpc) is 2.66. The second-order valence-electron chi connectivity index (χ2n) is 4.60. The number of rotatable bonds is 2. The first-order valence-electron chi connectivity index (χ1n) is 5.87. The Morgan fingerprint density at radius 2 is 1.95 bits per heavy atom. The van der Waals surface area contributed by atoms with E-state index in [0.717, 1.165) is 27.5 Å². The quantitative estimate of drug-likeness (QED) is 0.763. The normalized spacial score (nSPS) is 11.3. The van der Waals surface area contributed by atoms with Crippen molar-refractivity contribution in [3.05, 3.63) is 46.5 Å². The summed E-state index contributed by atoms with van der Waals surface area (Å²) in [5.74, 6) is -0.852. The lowest BCUT2D eigenvalue weighted by Crippen LogP contribution is -1.99. The molecule has 4 heteroatoms. The third-order valence-electron chi connectivity index (χ3n) is 3.17. The first-order valence-corrected chi connectivity index (χ1v) is 6.25. The summed E-state index contributed by atoms with van der Waals surface area (Å²) in [5.41, 5.74) is 3.14. The zero-order valence-electron chi connectivity index (χ0n) is 10.2. The van der Waals surface area contributed by atoms with Crippen molar-refractivity contribution in [2.45, 2.75) is 13.3 Å². The Labute approximate surface area is 114 Å². The lowest BCUT2D eigenvalue weighted by Gasteiger charge is -1.97. The van der Waals surface area contributed by atoms with E-state index in [1.165, 1.54) is 0 Å². The molecule has 0 radical (unpaired) electrons. The van der Waals surface area contributed by atoms with Crippen LogP contribution in [0.3, 0.4) is 0 Å². The van der Waals surface area contributed by atoms with Crippen molar-refractivity contribution < 1.29 is 14.3 Å². The average molecular weight is 275 g/mol. The fourth-order valence-electron chi connectivity index (χ4n) is 2.23. The Morgan fingerprint density at radius 3 is 2.68 bits per heavy atom. The molecule has 2 aromatic carbocycles. The Bertz CT molecular complexity index is 802. The maximum absolute atomic E-state index is 10.7. The van der Waals surface area contributed by atoms with Crippen LogP contribution in [0.25, 0.3) is 21.9 Å². The van der Waals surface area contributed by atoms with Crippen LogP contribution in [0, 0.1) is 6.92 Å². The molecule has 0 aliphatic rings. The minimum absolute atomic E-state index is 0.00717. The Balaban J connectivity index is 2.25. The molecule has 3 aromatic rings. The number of halogens is 1. The van der Waals surface area contributed by atoms with E-state index in [1.54, 1.807) is 12.1 Å². The topological polar surface area (TPSA) is 50.4 Å². The van der Waals surface area contributed by atoms with Gasteiger partial charge in [-0.25, -0.2) is 0 Å².